The van der Waals surface area contributed by atoms with E-state index in [1.165, 1.54) is 24.6 Å². The highest BCUT2D eigenvalue weighted by Gasteiger charge is 2.26. The Morgan fingerprint density at radius 3 is 2.44 bits per heavy atom. The molecule has 7 nitrogen and oxygen atoms in total. The molecule has 34 heavy (non-hydrogen) atoms. The first-order valence-electron chi connectivity index (χ1n) is 11.9. The average molecular weight is 481 g/mol. The van der Waals surface area contributed by atoms with E-state index in [0.29, 0.717) is 17.6 Å². The van der Waals surface area contributed by atoms with Crippen LogP contribution in [0.5, 0.6) is 11.5 Å². The zero-order valence-corrected chi connectivity index (χ0v) is 20.9. The van der Waals surface area contributed by atoms with Crippen LogP contribution >= 0.6 is 11.8 Å². The average Bonchev–Trinajstić information content (AvgIpc) is 3.08. The van der Waals surface area contributed by atoms with E-state index in [1.807, 2.05) is 71.8 Å². The van der Waals surface area contributed by atoms with E-state index in [4.69, 9.17) is 9.47 Å². The second-order valence-electron chi connectivity index (χ2n) is 8.30. The Morgan fingerprint density at radius 2 is 1.76 bits per heavy atom. The third-order valence-electron chi connectivity index (χ3n) is 5.91. The minimum Gasteiger partial charge on any atom is -0.497 e. The Hall–Kier alpha value is -3.00. The van der Waals surface area contributed by atoms with E-state index < -0.39 is 0 Å². The molecule has 0 bridgehead atoms. The lowest BCUT2D eigenvalue weighted by molar-refractivity contribution is -0.130. The summed E-state index contributed by atoms with van der Waals surface area (Å²) >= 11 is 1.45. The van der Waals surface area contributed by atoms with E-state index in [2.05, 4.69) is 10.2 Å². The van der Waals surface area contributed by atoms with Crippen molar-refractivity contribution in [1.29, 1.82) is 0 Å². The molecule has 1 saturated heterocycles. The van der Waals surface area contributed by atoms with Gasteiger partial charge in [0.05, 0.1) is 19.0 Å². The molecule has 2 heterocycles. The van der Waals surface area contributed by atoms with Crippen LogP contribution in [0.3, 0.4) is 0 Å². The number of likely N-dealkylation sites (tertiary alicyclic amines) is 1. The molecular weight excluding hydrogens is 448 g/mol. The number of methoxy groups -OCH3 is 1. The van der Waals surface area contributed by atoms with Crippen LogP contribution in [0, 0.1) is 0 Å². The minimum absolute atomic E-state index is 0.163. The molecule has 1 amide bonds. The van der Waals surface area contributed by atoms with Gasteiger partial charge < -0.3 is 14.4 Å². The molecule has 1 fully saturated rings. The predicted octanol–water partition coefficient (Wildman–Crippen LogP) is 5.22. The summed E-state index contributed by atoms with van der Waals surface area (Å²) in [5.41, 5.74) is 1.79. The van der Waals surface area contributed by atoms with Gasteiger partial charge in [-0.2, -0.15) is 0 Å². The van der Waals surface area contributed by atoms with Gasteiger partial charge in [0, 0.05) is 24.3 Å². The molecule has 8 heteroatoms. The van der Waals surface area contributed by atoms with Crippen LogP contribution in [-0.2, 0) is 4.79 Å². The molecular formula is C26H32N4O3S. The Bertz CT molecular complexity index is 1090. The lowest BCUT2D eigenvalue weighted by Crippen LogP contribution is -2.37. The first kappa shape index (κ1) is 24.1. The minimum atomic E-state index is -0.262. The number of aromatic nitrogens is 3. The molecule has 2 aromatic carbocycles. The maximum atomic E-state index is 13.2. The summed E-state index contributed by atoms with van der Waals surface area (Å²) in [7, 11) is 1.65. The van der Waals surface area contributed by atoms with Gasteiger partial charge in [0.15, 0.2) is 11.0 Å². The van der Waals surface area contributed by atoms with Crippen molar-refractivity contribution < 1.29 is 14.3 Å². The number of hydrogen-bond acceptors (Lipinski definition) is 6. The number of carbonyl (C=O) groups is 1. The third-order valence-corrected chi connectivity index (χ3v) is 6.95. The maximum Gasteiger partial charge on any atom is 0.235 e. The number of nitrogens with zero attached hydrogens (tertiary/aromatic N) is 4. The van der Waals surface area contributed by atoms with E-state index in [1.54, 1.807) is 7.11 Å². The summed E-state index contributed by atoms with van der Waals surface area (Å²) in [6.45, 7) is 6.21. The van der Waals surface area contributed by atoms with Gasteiger partial charge in [-0.3, -0.25) is 9.36 Å². The Morgan fingerprint density at radius 1 is 1.03 bits per heavy atom. The van der Waals surface area contributed by atoms with Crippen LogP contribution in [0.25, 0.3) is 17.1 Å². The summed E-state index contributed by atoms with van der Waals surface area (Å²) in [5, 5.41) is 9.44. The van der Waals surface area contributed by atoms with Crippen molar-refractivity contribution in [2.75, 3.05) is 26.8 Å². The Kier molecular flexibility index (Phi) is 8.11. The molecule has 0 radical (unpaired) electrons. The normalized spacial score (nSPS) is 15.0. The predicted molar refractivity (Wildman–Crippen MR) is 135 cm³/mol. The van der Waals surface area contributed by atoms with Crippen molar-refractivity contribution in [3.8, 4) is 28.6 Å². The van der Waals surface area contributed by atoms with Crippen LogP contribution in [-0.4, -0.2) is 57.6 Å². The Labute approximate surface area is 205 Å². The van der Waals surface area contributed by atoms with Gasteiger partial charge in [-0.05, 0) is 63.1 Å². The molecule has 0 N–H and O–H groups in total. The zero-order valence-electron chi connectivity index (χ0n) is 20.1. The lowest BCUT2D eigenvalue weighted by Gasteiger charge is -2.23. The number of thioether (sulfide) groups is 1. The highest BCUT2D eigenvalue weighted by molar-refractivity contribution is 8.00. The van der Waals surface area contributed by atoms with Crippen LogP contribution in [0.15, 0.2) is 53.7 Å². The number of carbonyl (C=O) groups excluding carboxylic acids is 1. The van der Waals surface area contributed by atoms with Gasteiger partial charge in [-0.15, -0.1) is 10.2 Å². The molecule has 3 aromatic rings. The van der Waals surface area contributed by atoms with Crippen molar-refractivity contribution >= 4 is 17.7 Å². The van der Waals surface area contributed by atoms with Crippen LogP contribution in [0.4, 0.5) is 0 Å². The monoisotopic (exact) mass is 480 g/mol. The summed E-state index contributed by atoms with van der Waals surface area (Å²) in [6.07, 6.45) is 4.54. The highest BCUT2D eigenvalue weighted by atomic mass is 32.2. The molecule has 1 aromatic heterocycles. The molecule has 0 spiro atoms. The molecule has 180 valence electrons. The molecule has 1 unspecified atom stereocenters. The molecule has 1 aliphatic rings. The fourth-order valence-corrected chi connectivity index (χ4v) is 5.09. The Balaban J connectivity index is 1.67. The number of hydrogen-bond donors (Lipinski definition) is 0. The quantitative estimate of drug-likeness (QED) is 0.412. The molecule has 1 atom stereocenters. The summed E-state index contributed by atoms with van der Waals surface area (Å²) in [4.78, 5) is 15.2. The van der Waals surface area contributed by atoms with Crippen molar-refractivity contribution in [2.24, 2.45) is 0 Å². The van der Waals surface area contributed by atoms with Crippen molar-refractivity contribution in [3.63, 3.8) is 0 Å². The van der Waals surface area contributed by atoms with Crippen molar-refractivity contribution in [2.45, 2.75) is 49.9 Å². The second-order valence-corrected chi connectivity index (χ2v) is 9.61. The van der Waals surface area contributed by atoms with Gasteiger partial charge in [0.2, 0.25) is 5.91 Å². The van der Waals surface area contributed by atoms with Crippen molar-refractivity contribution in [1.82, 2.24) is 19.7 Å². The molecule has 0 saturated carbocycles. The first-order valence-corrected chi connectivity index (χ1v) is 12.8. The second kappa shape index (κ2) is 11.4. The van der Waals surface area contributed by atoms with Gasteiger partial charge in [-0.25, -0.2) is 0 Å². The van der Waals surface area contributed by atoms with Gasteiger partial charge in [0.1, 0.15) is 11.5 Å². The standard InChI is InChI=1S/C26H32N4O3S/c1-4-33-22-14-12-21(13-15-22)30-24(20-10-9-11-23(18-20)32-3)27-28-26(30)34-19(2)25(31)29-16-7-5-6-8-17-29/h9-15,18-19H,4-8,16-17H2,1-3H3. The van der Waals surface area contributed by atoms with Gasteiger partial charge in [-0.1, -0.05) is 36.7 Å². The summed E-state index contributed by atoms with van der Waals surface area (Å²) < 4.78 is 13.0. The molecule has 4 rings (SSSR count). The highest BCUT2D eigenvalue weighted by Crippen LogP contribution is 2.32. The summed E-state index contributed by atoms with van der Waals surface area (Å²) in [6, 6.07) is 15.6. The topological polar surface area (TPSA) is 69.5 Å². The van der Waals surface area contributed by atoms with Gasteiger partial charge in [0.25, 0.3) is 0 Å². The van der Waals surface area contributed by atoms with Crippen LogP contribution in [0.2, 0.25) is 0 Å². The van der Waals surface area contributed by atoms with E-state index >= 15 is 0 Å². The van der Waals surface area contributed by atoms with Gasteiger partial charge >= 0.3 is 0 Å². The van der Waals surface area contributed by atoms with E-state index in [-0.39, 0.29) is 11.2 Å². The van der Waals surface area contributed by atoms with Crippen LogP contribution < -0.4 is 9.47 Å². The number of ether oxygens (including phenoxy) is 2. The molecule has 1 aliphatic heterocycles. The molecule has 0 aliphatic carbocycles. The summed E-state index contributed by atoms with van der Waals surface area (Å²) in [5.74, 6) is 2.41. The lowest BCUT2D eigenvalue weighted by atomic mass is 10.2. The third kappa shape index (κ3) is 5.55. The number of rotatable bonds is 8. The van der Waals surface area contributed by atoms with E-state index in [9.17, 15) is 4.79 Å². The maximum absolute atomic E-state index is 13.2. The number of benzene rings is 2. The fraction of sp³-hybridized carbons (Fsp3) is 0.423. The first-order chi connectivity index (χ1) is 16.6. The van der Waals surface area contributed by atoms with Crippen molar-refractivity contribution in [3.05, 3.63) is 48.5 Å². The zero-order chi connectivity index (χ0) is 23.9. The SMILES string of the molecule is CCOc1ccc(-n2c(SC(C)C(=O)N3CCCCCC3)nnc2-c2cccc(OC)c2)cc1. The fourth-order valence-electron chi connectivity index (χ4n) is 4.14. The van der Waals surface area contributed by atoms with Crippen LogP contribution in [0.1, 0.15) is 39.5 Å². The smallest absolute Gasteiger partial charge is 0.235 e. The largest absolute Gasteiger partial charge is 0.497 e. The number of amides is 1. The van der Waals surface area contributed by atoms with E-state index in [0.717, 1.165) is 48.7 Å².